The van der Waals surface area contributed by atoms with Crippen LogP contribution in [0.1, 0.15) is 18.4 Å². The summed E-state index contributed by atoms with van der Waals surface area (Å²) in [5.74, 6) is 1.57. The molecule has 0 saturated carbocycles. The van der Waals surface area contributed by atoms with Gasteiger partial charge in [-0.3, -0.25) is 4.90 Å². The Morgan fingerprint density at radius 3 is 2.90 bits per heavy atom. The fourth-order valence-electron chi connectivity index (χ4n) is 3.94. The number of ether oxygens (including phenoxy) is 2. The van der Waals surface area contributed by atoms with Gasteiger partial charge in [-0.2, -0.15) is 4.98 Å². The summed E-state index contributed by atoms with van der Waals surface area (Å²) >= 11 is 0. The Bertz CT molecular complexity index is 815. The first-order valence-corrected chi connectivity index (χ1v) is 10.2. The first kappa shape index (κ1) is 19.8. The van der Waals surface area contributed by atoms with Crippen LogP contribution in [0, 0.1) is 5.82 Å². The molecule has 3 heterocycles. The van der Waals surface area contributed by atoms with Gasteiger partial charge >= 0.3 is 0 Å². The van der Waals surface area contributed by atoms with Crippen LogP contribution in [-0.4, -0.2) is 67.4 Å². The summed E-state index contributed by atoms with van der Waals surface area (Å²) in [6, 6.07) is 7.41. The predicted molar refractivity (Wildman–Crippen MR) is 110 cm³/mol. The van der Waals surface area contributed by atoms with Crippen molar-refractivity contribution < 1.29 is 13.9 Å². The van der Waals surface area contributed by atoms with E-state index in [0.717, 1.165) is 62.9 Å². The zero-order chi connectivity index (χ0) is 20.1. The third-order valence-corrected chi connectivity index (χ3v) is 5.42. The largest absolute Gasteiger partial charge is 0.494 e. The van der Waals surface area contributed by atoms with E-state index >= 15 is 0 Å². The van der Waals surface area contributed by atoms with Crippen molar-refractivity contribution in [1.82, 2.24) is 14.9 Å². The van der Waals surface area contributed by atoms with Crippen LogP contribution in [0.25, 0.3) is 0 Å². The maximum Gasteiger partial charge on any atom is 0.227 e. The highest BCUT2D eigenvalue weighted by Gasteiger charge is 2.21. The number of hydrogen-bond donors (Lipinski definition) is 1. The average Bonchev–Trinajstić information content (AvgIpc) is 2.75. The van der Waals surface area contributed by atoms with Crippen molar-refractivity contribution in [2.24, 2.45) is 0 Å². The monoisotopic (exact) mass is 401 g/mol. The maximum atomic E-state index is 14.0. The number of hydrogen-bond acceptors (Lipinski definition) is 7. The Morgan fingerprint density at radius 1 is 1.24 bits per heavy atom. The van der Waals surface area contributed by atoms with Crippen LogP contribution in [0.15, 0.2) is 30.5 Å². The van der Waals surface area contributed by atoms with Crippen molar-refractivity contribution in [3.05, 3.63) is 41.8 Å². The molecule has 0 radical (unpaired) electrons. The van der Waals surface area contributed by atoms with Gasteiger partial charge < -0.3 is 19.7 Å². The Hall–Kier alpha value is -2.45. The lowest BCUT2D eigenvalue weighted by atomic mass is 10.0. The summed E-state index contributed by atoms with van der Waals surface area (Å²) in [5.41, 5.74) is 0.959. The molecule has 156 valence electrons. The molecule has 2 saturated heterocycles. The van der Waals surface area contributed by atoms with Gasteiger partial charge in [-0.25, -0.2) is 9.37 Å². The van der Waals surface area contributed by atoms with Crippen LogP contribution in [0.4, 0.5) is 16.2 Å². The highest BCUT2D eigenvalue weighted by Crippen LogP contribution is 2.21. The molecule has 2 aliphatic rings. The molecular weight excluding hydrogens is 373 g/mol. The summed E-state index contributed by atoms with van der Waals surface area (Å²) in [5, 5.41) is 3.56. The van der Waals surface area contributed by atoms with E-state index in [1.807, 2.05) is 12.1 Å². The Balaban J connectivity index is 1.35. The number of nitrogens with zero attached hydrogens (tertiary/aromatic N) is 4. The van der Waals surface area contributed by atoms with Crippen LogP contribution in [-0.2, 0) is 11.3 Å². The first-order chi connectivity index (χ1) is 14.2. The van der Waals surface area contributed by atoms with E-state index in [2.05, 4.69) is 20.1 Å². The van der Waals surface area contributed by atoms with Gasteiger partial charge in [0.1, 0.15) is 5.82 Å². The van der Waals surface area contributed by atoms with Crippen molar-refractivity contribution >= 4 is 11.8 Å². The molecule has 7 nitrogen and oxygen atoms in total. The summed E-state index contributed by atoms with van der Waals surface area (Å²) < 4.78 is 24.4. The number of likely N-dealkylation sites (tertiary alicyclic amines) is 1. The Labute approximate surface area is 170 Å². The van der Waals surface area contributed by atoms with E-state index in [-0.39, 0.29) is 11.6 Å². The molecular formula is C21H28FN5O2. The molecule has 2 aliphatic heterocycles. The van der Waals surface area contributed by atoms with Gasteiger partial charge in [-0.15, -0.1) is 0 Å². The van der Waals surface area contributed by atoms with Gasteiger partial charge in [0, 0.05) is 38.4 Å². The van der Waals surface area contributed by atoms with Gasteiger partial charge in [0.2, 0.25) is 5.95 Å². The Morgan fingerprint density at radius 2 is 2.10 bits per heavy atom. The van der Waals surface area contributed by atoms with Crippen LogP contribution in [0.3, 0.4) is 0 Å². The number of rotatable bonds is 6. The number of nitrogens with one attached hydrogen (secondary N) is 1. The normalized spacial score (nSPS) is 20.5. The minimum Gasteiger partial charge on any atom is -0.494 e. The molecule has 1 unspecified atom stereocenters. The van der Waals surface area contributed by atoms with E-state index < -0.39 is 0 Å². The second-order valence-electron chi connectivity index (χ2n) is 7.53. The van der Waals surface area contributed by atoms with Gasteiger partial charge in [-0.1, -0.05) is 6.07 Å². The molecule has 0 aliphatic carbocycles. The lowest BCUT2D eigenvalue weighted by Gasteiger charge is -2.33. The molecule has 1 N–H and O–H groups in total. The molecule has 0 bridgehead atoms. The number of anilines is 2. The van der Waals surface area contributed by atoms with Crippen LogP contribution >= 0.6 is 0 Å². The van der Waals surface area contributed by atoms with E-state index in [9.17, 15) is 4.39 Å². The molecule has 2 aromatic rings. The van der Waals surface area contributed by atoms with Gasteiger partial charge in [0.15, 0.2) is 11.6 Å². The minimum absolute atomic E-state index is 0.284. The smallest absolute Gasteiger partial charge is 0.227 e. The molecule has 2 fully saturated rings. The molecule has 1 aromatic carbocycles. The molecule has 1 aromatic heterocycles. The maximum absolute atomic E-state index is 14.0. The lowest BCUT2D eigenvalue weighted by Crippen LogP contribution is -2.42. The molecule has 1 atom stereocenters. The van der Waals surface area contributed by atoms with E-state index in [1.165, 1.54) is 7.11 Å². The van der Waals surface area contributed by atoms with Crippen molar-refractivity contribution in [2.45, 2.75) is 25.4 Å². The van der Waals surface area contributed by atoms with Gasteiger partial charge in [0.05, 0.1) is 20.3 Å². The predicted octanol–water partition coefficient (Wildman–Crippen LogP) is 2.54. The number of benzene rings is 1. The summed E-state index contributed by atoms with van der Waals surface area (Å²) in [4.78, 5) is 13.6. The standard InChI is InChI=1S/C21H28FN5O2/c1-28-19-5-4-16(13-18(19)22)14-26-8-2-3-17(15-26)24-20-6-7-23-21(25-20)27-9-11-29-12-10-27/h4-7,13,17H,2-3,8-12,14-15H2,1H3,(H,23,24,25). The Kier molecular flexibility index (Phi) is 6.41. The summed E-state index contributed by atoms with van der Waals surface area (Å²) in [7, 11) is 1.48. The molecule has 0 amide bonds. The van der Waals surface area contributed by atoms with Crippen molar-refractivity contribution in [2.75, 3.05) is 56.7 Å². The highest BCUT2D eigenvalue weighted by molar-refractivity contribution is 5.42. The van der Waals surface area contributed by atoms with Crippen molar-refractivity contribution in [3.63, 3.8) is 0 Å². The zero-order valence-corrected chi connectivity index (χ0v) is 16.8. The third kappa shape index (κ3) is 5.13. The van der Waals surface area contributed by atoms with E-state index in [1.54, 1.807) is 18.3 Å². The lowest BCUT2D eigenvalue weighted by molar-refractivity contribution is 0.122. The number of aromatic nitrogens is 2. The minimum atomic E-state index is -0.312. The van der Waals surface area contributed by atoms with Gasteiger partial charge in [0.25, 0.3) is 0 Å². The summed E-state index contributed by atoms with van der Waals surface area (Å²) in [6.07, 6.45) is 3.99. The van der Waals surface area contributed by atoms with Crippen LogP contribution in [0.5, 0.6) is 5.75 Å². The fourth-order valence-corrected chi connectivity index (χ4v) is 3.94. The number of piperidine rings is 1. The highest BCUT2D eigenvalue weighted by atomic mass is 19.1. The topological polar surface area (TPSA) is 62.8 Å². The molecule has 8 heteroatoms. The summed E-state index contributed by atoms with van der Waals surface area (Å²) in [6.45, 7) is 5.69. The second-order valence-corrected chi connectivity index (χ2v) is 7.53. The molecule has 4 rings (SSSR count). The molecule has 0 spiro atoms. The SMILES string of the molecule is COc1ccc(CN2CCCC(Nc3ccnc(N4CCOCC4)n3)C2)cc1F. The molecule has 29 heavy (non-hydrogen) atoms. The average molecular weight is 401 g/mol. The quantitative estimate of drug-likeness (QED) is 0.798. The van der Waals surface area contributed by atoms with E-state index in [4.69, 9.17) is 14.5 Å². The third-order valence-electron chi connectivity index (χ3n) is 5.42. The van der Waals surface area contributed by atoms with Gasteiger partial charge in [-0.05, 0) is 43.1 Å². The van der Waals surface area contributed by atoms with E-state index in [0.29, 0.717) is 19.3 Å². The number of morpholine rings is 1. The first-order valence-electron chi connectivity index (χ1n) is 10.2. The zero-order valence-electron chi connectivity index (χ0n) is 16.8. The van der Waals surface area contributed by atoms with Crippen molar-refractivity contribution in [1.29, 1.82) is 0 Å². The van der Waals surface area contributed by atoms with Crippen LogP contribution < -0.4 is 15.0 Å². The fraction of sp³-hybridized carbons (Fsp3) is 0.524. The van der Waals surface area contributed by atoms with Crippen LogP contribution in [0.2, 0.25) is 0 Å². The number of methoxy groups -OCH3 is 1. The second kappa shape index (κ2) is 9.37. The van der Waals surface area contributed by atoms with Crippen molar-refractivity contribution in [3.8, 4) is 5.75 Å². The number of halogens is 1.